The van der Waals surface area contributed by atoms with Crippen molar-refractivity contribution in [2.75, 3.05) is 0 Å². The number of hydrogen-bond acceptors (Lipinski definition) is 3. The quantitative estimate of drug-likeness (QED) is 0.756. The summed E-state index contributed by atoms with van der Waals surface area (Å²) in [5.74, 6) is -5.09. The fraction of sp³-hybridized carbons (Fsp3) is 0.462. The molecule has 0 saturated carbocycles. The molecule has 2 rings (SSSR count). The van der Waals surface area contributed by atoms with Crippen LogP contribution >= 0.6 is 0 Å². The Labute approximate surface area is 122 Å². The Balaban J connectivity index is 2.71. The van der Waals surface area contributed by atoms with Crippen molar-refractivity contribution >= 4 is 5.65 Å². The first-order chi connectivity index (χ1) is 9.89. The van der Waals surface area contributed by atoms with Crippen molar-refractivity contribution in [3.05, 3.63) is 29.5 Å². The van der Waals surface area contributed by atoms with Gasteiger partial charge in [0.1, 0.15) is 29.4 Å². The van der Waals surface area contributed by atoms with Crippen LogP contribution in [0.2, 0.25) is 0 Å². The van der Waals surface area contributed by atoms with Crippen molar-refractivity contribution in [3.8, 4) is 6.07 Å². The molecule has 2 heterocycles. The molecule has 0 aromatic carbocycles. The lowest BCUT2D eigenvalue weighted by Crippen LogP contribution is -2.34. The lowest BCUT2D eigenvalue weighted by atomic mass is 9.91. The molecule has 118 valence electrons. The maximum atomic E-state index is 13.3. The monoisotopic (exact) mass is 318 g/mol. The summed E-state index contributed by atoms with van der Waals surface area (Å²) in [6.45, 7) is 5.23. The summed E-state index contributed by atoms with van der Waals surface area (Å²) in [6.07, 6.45) is -5.00. The first-order valence-corrected chi connectivity index (χ1v) is 6.13. The van der Waals surface area contributed by atoms with Crippen LogP contribution in [0, 0.1) is 11.3 Å². The standard InChI is InChI=1S/C13H11F5N4/c1-11(2,3)10-7(5-19)22-6-20-8(4-9(22)21-10)12(14,15)13(16,17)18/h4,6H,1-3H3. The zero-order valence-electron chi connectivity index (χ0n) is 11.8. The van der Waals surface area contributed by atoms with Gasteiger partial charge in [0.15, 0.2) is 0 Å². The third-order valence-electron chi connectivity index (χ3n) is 3.01. The van der Waals surface area contributed by atoms with Gasteiger partial charge in [-0.25, -0.2) is 9.97 Å². The molecule has 0 radical (unpaired) electrons. The number of halogens is 5. The van der Waals surface area contributed by atoms with Crippen LogP contribution in [-0.2, 0) is 11.3 Å². The molecule has 0 atom stereocenters. The van der Waals surface area contributed by atoms with Crippen LogP contribution in [0.4, 0.5) is 22.0 Å². The molecule has 0 amide bonds. The number of nitrogens with zero attached hydrogens (tertiary/aromatic N) is 4. The summed E-state index contributed by atoms with van der Waals surface area (Å²) in [5, 5.41) is 9.16. The van der Waals surface area contributed by atoms with Gasteiger partial charge in [-0.2, -0.15) is 27.2 Å². The molecule has 4 nitrogen and oxygen atoms in total. The van der Waals surface area contributed by atoms with Gasteiger partial charge in [-0.1, -0.05) is 20.8 Å². The van der Waals surface area contributed by atoms with Crippen LogP contribution in [0.15, 0.2) is 12.4 Å². The van der Waals surface area contributed by atoms with Crippen molar-refractivity contribution in [2.45, 2.75) is 38.3 Å². The summed E-state index contributed by atoms with van der Waals surface area (Å²) in [4.78, 5) is 7.16. The second-order valence-electron chi connectivity index (χ2n) is 5.75. The Morgan fingerprint density at radius 1 is 1.14 bits per heavy atom. The van der Waals surface area contributed by atoms with E-state index in [1.165, 1.54) is 0 Å². The molecule has 0 fully saturated rings. The summed E-state index contributed by atoms with van der Waals surface area (Å²) in [7, 11) is 0. The van der Waals surface area contributed by atoms with Gasteiger partial charge in [0, 0.05) is 11.5 Å². The number of alkyl halides is 5. The third-order valence-corrected chi connectivity index (χ3v) is 3.01. The molecule has 2 aromatic heterocycles. The lowest BCUT2D eigenvalue weighted by Gasteiger charge is -2.18. The maximum absolute atomic E-state index is 13.3. The number of nitriles is 1. The molecule has 2 aromatic rings. The maximum Gasteiger partial charge on any atom is 0.459 e. The summed E-state index contributed by atoms with van der Waals surface area (Å²) in [6, 6.07) is 2.41. The predicted molar refractivity (Wildman–Crippen MR) is 66.4 cm³/mol. The molecular weight excluding hydrogens is 307 g/mol. The van der Waals surface area contributed by atoms with Crippen LogP contribution in [0.25, 0.3) is 5.65 Å². The molecule has 0 aliphatic rings. The molecule has 0 aliphatic heterocycles. The minimum absolute atomic E-state index is 0.0527. The average Bonchev–Trinajstić information content (AvgIpc) is 2.74. The Bertz CT molecular complexity index is 762. The van der Waals surface area contributed by atoms with E-state index >= 15 is 0 Å². The smallest absolute Gasteiger partial charge is 0.274 e. The number of aromatic nitrogens is 3. The van der Waals surface area contributed by atoms with Crippen LogP contribution in [0.5, 0.6) is 0 Å². The second-order valence-corrected chi connectivity index (χ2v) is 5.75. The van der Waals surface area contributed by atoms with Crippen LogP contribution < -0.4 is 0 Å². The number of imidazole rings is 1. The number of fused-ring (bicyclic) bond motifs is 1. The SMILES string of the molecule is CC(C)(C)c1nc2cc(C(F)(F)C(F)(F)F)ncn2c1C#N. The molecule has 0 unspecified atom stereocenters. The van der Waals surface area contributed by atoms with E-state index in [-0.39, 0.29) is 11.3 Å². The first-order valence-electron chi connectivity index (χ1n) is 6.13. The molecule has 0 spiro atoms. The molecule has 0 N–H and O–H groups in total. The van der Waals surface area contributed by atoms with Crippen LogP contribution in [0.3, 0.4) is 0 Å². The van der Waals surface area contributed by atoms with Crippen molar-refractivity contribution < 1.29 is 22.0 Å². The van der Waals surface area contributed by atoms with Gasteiger partial charge >= 0.3 is 12.1 Å². The highest BCUT2D eigenvalue weighted by molar-refractivity contribution is 5.49. The Kier molecular flexibility index (Phi) is 3.39. The van der Waals surface area contributed by atoms with Gasteiger partial charge in [0.25, 0.3) is 0 Å². The van der Waals surface area contributed by atoms with Crippen LogP contribution in [0.1, 0.15) is 37.9 Å². The van der Waals surface area contributed by atoms with E-state index in [4.69, 9.17) is 5.26 Å². The van der Waals surface area contributed by atoms with E-state index in [0.717, 1.165) is 10.7 Å². The lowest BCUT2D eigenvalue weighted by molar-refractivity contribution is -0.290. The Morgan fingerprint density at radius 2 is 1.73 bits per heavy atom. The van der Waals surface area contributed by atoms with Gasteiger partial charge in [0.2, 0.25) is 0 Å². The zero-order chi connectivity index (χ0) is 16.9. The first kappa shape index (κ1) is 16.1. The predicted octanol–water partition coefficient (Wildman–Crippen LogP) is 3.55. The van der Waals surface area contributed by atoms with Gasteiger partial charge in [-0.15, -0.1) is 0 Å². The minimum Gasteiger partial charge on any atom is -0.274 e. The molecule has 0 bridgehead atoms. The minimum atomic E-state index is -5.75. The van der Waals surface area contributed by atoms with Gasteiger partial charge in [-0.3, -0.25) is 4.40 Å². The normalized spacial score (nSPS) is 13.4. The van der Waals surface area contributed by atoms with E-state index in [1.54, 1.807) is 20.8 Å². The van der Waals surface area contributed by atoms with E-state index in [2.05, 4.69) is 9.97 Å². The topological polar surface area (TPSA) is 54.0 Å². The molecular formula is C13H11F5N4. The Morgan fingerprint density at radius 3 is 2.18 bits per heavy atom. The van der Waals surface area contributed by atoms with Crippen molar-refractivity contribution in [1.29, 1.82) is 5.26 Å². The third kappa shape index (κ3) is 2.38. The molecule has 0 aliphatic carbocycles. The zero-order valence-corrected chi connectivity index (χ0v) is 11.8. The fourth-order valence-corrected chi connectivity index (χ4v) is 1.89. The van der Waals surface area contributed by atoms with E-state index in [9.17, 15) is 22.0 Å². The van der Waals surface area contributed by atoms with Gasteiger partial charge in [-0.05, 0) is 0 Å². The molecule has 9 heteroatoms. The molecule has 0 saturated heterocycles. The highest BCUT2D eigenvalue weighted by atomic mass is 19.4. The van der Waals surface area contributed by atoms with Gasteiger partial charge < -0.3 is 0 Å². The highest BCUT2D eigenvalue weighted by Gasteiger charge is 2.60. The van der Waals surface area contributed by atoms with Crippen molar-refractivity contribution in [2.24, 2.45) is 0 Å². The number of rotatable bonds is 1. The fourth-order valence-electron chi connectivity index (χ4n) is 1.89. The largest absolute Gasteiger partial charge is 0.459 e. The van der Waals surface area contributed by atoms with Gasteiger partial charge in [0.05, 0.1) is 5.69 Å². The van der Waals surface area contributed by atoms with Crippen molar-refractivity contribution in [3.63, 3.8) is 0 Å². The number of hydrogen-bond donors (Lipinski definition) is 0. The molecule has 22 heavy (non-hydrogen) atoms. The van der Waals surface area contributed by atoms with E-state index in [0.29, 0.717) is 11.8 Å². The summed E-state index contributed by atoms with van der Waals surface area (Å²) in [5.41, 5.74) is -1.87. The van der Waals surface area contributed by atoms with E-state index in [1.807, 2.05) is 6.07 Å². The Hall–Kier alpha value is -2.24. The summed E-state index contributed by atoms with van der Waals surface area (Å²) >= 11 is 0. The van der Waals surface area contributed by atoms with Crippen molar-refractivity contribution in [1.82, 2.24) is 14.4 Å². The average molecular weight is 318 g/mol. The van der Waals surface area contributed by atoms with E-state index < -0.39 is 23.2 Å². The van der Waals surface area contributed by atoms with Crippen LogP contribution in [-0.4, -0.2) is 20.5 Å². The second kappa shape index (κ2) is 4.63. The summed E-state index contributed by atoms with van der Waals surface area (Å²) < 4.78 is 64.9. The highest BCUT2D eigenvalue weighted by Crippen LogP contribution is 2.43.